The zero-order valence-corrected chi connectivity index (χ0v) is 10.1. The number of carbonyl (C=O) groups excluding carboxylic acids is 2. The van der Waals surface area contributed by atoms with Crippen LogP contribution in [0.15, 0.2) is 0 Å². The molecule has 18 heavy (non-hydrogen) atoms. The summed E-state index contributed by atoms with van der Waals surface area (Å²) in [7, 11) is 1.61. The Morgan fingerprint density at radius 3 is 2.72 bits per heavy atom. The standard InChI is InChI=1S/C11H16F2N2O3/c1-14-8(3-2-4-9(14)16)10(17)15-5-7(6-15)18-11(12)13/h7-8,11H,2-6H2,1H3. The molecule has 0 aromatic carbocycles. The molecule has 0 radical (unpaired) electrons. The van der Waals surface area contributed by atoms with Gasteiger partial charge in [0.2, 0.25) is 11.8 Å². The molecule has 5 nitrogen and oxygen atoms in total. The van der Waals surface area contributed by atoms with Gasteiger partial charge in [0, 0.05) is 26.6 Å². The van der Waals surface area contributed by atoms with Crippen LogP contribution in [-0.2, 0) is 14.3 Å². The largest absolute Gasteiger partial charge is 0.345 e. The zero-order chi connectivity index (χ0) is 13.3. The quantitative estimate of drug-likeness (QED) is 0.742. The highest BCUT2D eigenvalue weighted by Gasteiger charge is 2.39. The number of likely N-dealkylation sites (N-methyl/N-ethyl adjacent to an activating group) is 1. The second-order valence-corrected chi connectivity index (χ2v) is 4.67. The van der Waals surface area contributed by atoms with Crippen molar-refractivity contribution in [3.05, 3.63) is 0 Å². The third kappa shape index (κ3) is 2.60. The van der Waals surface area contributed by atoms with E-state index in [9.17, 15) is 18.4 Å². The van der Waals surface area contributed by atoms with E-state index in [4.69, 9.17) is 0 Å². The van der Waals surface area contributed by atoms with Gasteiger partial charge in [-0.3, -0.25) is 9.59 Å². The summed E-state index contributed by atoms with van der Waals surface area (Å²) in [6, 6.07) is -0.446. The van der Waals surface area contributed by atoms with Crippen LogP contribution in [0, 0.1) is 0 Å². The van der Waals surface area contributed by atoms with Crippen molar-refractivity contribution in [2.75, 3.05) is 20.1 Å². The lowest BCUT2D eigenvalue weighted by atomic mass is 9.99. The number of likely N-dealkylation sites (tertiary alicyclic amines) is 2. The van der Waals surface area contributed by atoms with Crippen molar-refractivity contribution in [2.45, 2.75) is 38.0 Å². The molecule has 0 spiro atoms. The lowest BCUT2D eigenvalue weighted by Crippen LogP contribution is -2.61. The van der Waals surface area contributed by atoms with Crippen LogP contribution in [0.3, 0.4) is 0 Å². The lowest BCUT2D eigenvalue weighted by Gasteiger charge is -2.42. The number of ether oxygens (including phenoxy) is 1. The van der Waals surface area contributed by atoms with Gasteiger partial charge in [0.15, 0.2) is 0 Å². The first-order valence-corrected chi connectivity index (χ1v) is 5.97. The van der Waals surface area contributed by atoms with E-state index >= 15 is 0 Å². The smallest absolute Gasteiger partial charge is 0.336 e. The molecule has 2 heterocycles. The summed E-state index contributed by atoms with van der Waals surface area (Å²) < 4.78 is 28.1. The summed E-state index contributed by atoms with van der Waals surface area (Å²) in [4.78, 5) is 26.5. The fourth-order valence-corrected chi connectivity index (χ4v) is 2.34. The minimum Gasteiger partial charge on any atom is -0.336 e. The van der Waals surface area contributed by atoms with E-state index in [1.54, 1.807) is 7.05 Å². The second-order valence-electron chi connectivity index (χ2n) is 4.67. The van der Waals surface area contributed by atoms with Crippen LogP contribution >= 0.6 is 0 Å². The van der Waals surface area contributed by atoms with Crippen LogP contribution in [0.5, 0.6) is 0 Å². The maximum Gasteiger partial charge on any atom is 0.345 e. The molecule has 2 saturated heterocycles. The Hall–Kier alpha value is -1.24. The molecule has 0 aliphatic carbocycles. The van der Waals surface area contributed by atoms with Crippen molar-refractivity contribution in [1.29, 1.82) is 0 Å². The molecule has 2 fully saturated rings. The van der Waals surface area contributed by atoms with E-state index in [1.807, 2.05) is 0 Å². The molecule has 0 aromatic heterocycles. The second kappa shape index (κ2) is 5.17. The third-order valence-corrected chi connectivity index (χ3v) is 3.47. The van der Waals surface area contributed by atoms with Crippen molar-refractivity contribution in [1.82, 2.24) is 9.80 Å². The molecular weight excluding hydrogens is 246 g/mol. The molecule has 102 valence electrons. The Labute approximate surface area is 104 Å². The predicted octanol–water partition coefficient (Wildman–Crippen LogP) is 0.447. The lowest BCUT2D eigenvalue weighted by molar-refractivity contribution is -0.200. The number of halogens is 2. The SMILES string of the molecule is CN1C(=O)CCCC1C(=O)N1CC(OC(F)F)C1. The molecular formula is C11H16F2N2O3. The number of piperidine rings is 1. The van der Waals surface area contributed by atoms with Gasteiger partial charge in [0.25, 0.3) is 0 Å². The van der Waals surface area contributed by atoms with Crippen molar-refractivity contribution >= 4 is 11.8 Å². The highest BCUT2D eigenvalue weighted by molar-refractivity contribution is 5.89. The summed E-state index contributed by atoms with van der Waals surface area (Å²) in [6.45, 7) is -2.44. The summed E-state index contributed by atoms with van der Waals surface area (Å²) >= 11 is 0. The van der Waals surface area contributed by atoms with Crippen LogP contribution in [0.2, 0.25) is 0 Å². The molecule has 0 saturated carbocycles. The van der Waals surface area contributed by atoms with E-state index in [2.05, 4.69) is 4.74 Å². The van der Waals surface area contributed by atoms with Gasteiger partial charge in [-0.2, -0.15) is 8.78 Å². The van der Waals surface area contributed by atoms with Gasteiger partial charge in [-0.15, -0.1) is 0 Å². The molecule has 2 rings (SSSR count). The molecule has 1 unspecified atom stereocenters. The van der Waals surface area contributed by atoms with E-state index in [0.717, 1.165) is 0 Å². The van der Waals surface area contributed by atoms with Gasteiger partial charge in [-0.05, 0) is 12.8 Å². The van der Waals surface area contributed by atoms with Crippen LogP contribution in [0.25, 0.3) is 0 Å². The number of rotatable bonds is 3. The monoisotopic (exact) mass is 262 g/mol. The molecule has 0 bridgehead atoms. The van der Waals surface area contributed by atoms with Gasteiger partial charge in [-0.1, -0.05) is 0 Å². The van der Waals surface area contributed by atoms with Crippen molar-refractivity contribution in [3.8, 4) is 0 Å². The number of amides is 2. The molecule has 7 heteroatoms. The maximum absolute atomic E-state index is 12.1. The minimum absolute atomic E-state index is 0.0412. The van der Waals surface area contributed by atoms with Gasteiger partial charge >= 0.3 is 6.61 Å². The summed E-state index contributed by atoms with van der Waals surface area (Å²) in [5.41, 5.74) is 0. The number of alkyl halides is 2. The molecule has 2 aliphatic heterocycles. The highest BCUT2D eigenvalue weighted by atomic mass is 19.3. The van der Waals surface area contributed by atoms with Crippen LogP contribution in [0.1, 0.15) is 19.3 Å². The fraction of sp³-hybridized carbons (Fsp3) is 0.818. The molecule has 2 aliphatic rings. The summed E-state index contributed by atoms with van der Waals surface area (Å²) in [5, 5.41) is 0. The Kier molecular flexibility index (Phi) is 3.79. The summed E-state index contributed by atoms with van der Waals surface area (Å²) in [6.07, 6.45) is 1.22. The molecule has 0 aromatic rings. The van der Waals surface area contributed by atoms with Crippen LogP contribution in [0.4, 0.5) is 8.78 Å². The minimum atomic E-state index is -2.80. The first-order chi connectivity index (χ1) is 8.49. The Morgan fingerprint density at radius 2 is 2.11 bits per heavy atom. The fourth-order valence-electron chi connectivity index (χ4n) is 2.34. The number of hydrogen-bond acceptors (Lipinski definition) is 3. The van der Waals surface area contributed by atoms with E-state index in [1.165, 1.54) is 9.80 Å². The van der Waals surface area contributed by atoms with Crippen LogP contribution in [-0.4, -0.2) is 60.5 Å². The average molecular weight is 262 g/mol. The zero-order valence-electron chi connectivity index (χ0n) is 10.1. The number of carbonyl (C=O) groups is 2. The first-order valence-electron chi connectivity index (χ1n) is 5.97. The van der Waals surface area contributed by atoms with Gasteiger partial charge in [-0.25, -0.2) is 0 Å². The molecule has 0 N–H and O–H groups in total. The van der Waals surface area contributed by atoms with E-state index < -0.39 is 18.8 Å². The predicted molar refractivity (Wildman–Crippen MR) is 57.9 cm³/mol. The number of hydrogen-bond donors (Lipinski definition) is 0. The summed E-state index contributed by atoms with van der Waals surface area (Å²) in [5.74, 6) is -0.208. The first kappa shape index (κ1) is 13.2. The Morgan fingerprint density at radius 1 is 1.44 bits per heavy atom. The van der Waals surface area contributed by atoms with E-state index in [0.29, 0.717) is 19.3 Å². The highest BCUT2D eigenvalue weighted by Crippen LogP contribution is 2.22. The topological polar surface area (TPSA) is 49.9 Å². The maximum atomic E-state index is 12.1. The van der Waals surface area contributed by atoms with E-state index in [-0.39, 0.29) is 24.9 Å². The van der Waals surface area contributed by atoms with Crippen molar-refractivity contribution in [3.63, 3.8) is 0 Å². The van der Waals surface area contributed by atoms with Gasteiger partial charge < -0.3 is 14.5 Å². The number of nitrogens with zero attached hydrogens (tertiary/aromatic N) is 2. The molecule has 2 amide bonds. The average Bonchev–Trinajstić information content (AvgIpc) is 2.25. The Balaban J connectivity index is 1.84. The van der Waals surface area contributed by atoms with Gasteiger partial charge in [0.05, 0.1) is 6.10 Å². The van der Waals surface area contributed by atoms with Crippen molar-refractivity contribution < 1.29 is 23.1 Å². The van der Waals surface area contributed by atoms with Gasteiger partial charge in [0.1, 0.15) is 6.04 Å². The molecule has 1 atom stereocenters. The van der Waals surface area contributed by atoms with Crippen LogP contribution < -0.4 is 0 Å². The third-order valence-electron chi connectivity index (χ3n) is 3.47. The Bertz CT molecular complexity index is 345. The van der Waals surface area contributed by atoms with Crippen molar-refractivity contribution in [2.24, 2.45) is 0 Å². The normalized spacial score (nSPS) is 25.6.